The predicted octanol–water partition coefficient (Wildman–Crippen LogP) is 1.42. The maximum absolute atomic E-state index is 12.5. The Kier molecular flexibility index (Phi) is 12.3. The average Bonchev–Trinajstić information content (AvgIpc) is 2.86. The van der Waals surface area contributed by atoms with Gasteiger partial charge in [-0.3, -0.25) is 19.2 Å². The Morgan fingerprint density at radius 2 is 1.97 bits per heavy atom. The molecule has 166 valence electrons. The van der Waals surface area contributed by atoms with Gasteiger partial charge in [0, 0.05) is 12.3 Å². The van der Waals surface area contributed by atoms with E-state index in [0.29, 0.717) is 31.6 Å². The third-order valence-corrected chi connectivity index (χ3v) is 7.72. The van der Waals surface area contributed by atoms with Crippen LogP contribution in [0.5, 0.6) is 0 Å². The Balaban J connectivity index is 2.56. The van der Waals surface area contributed by atoms with Crippen molar-refractivity contribution >= 4 is 44.7 Å². The molecule has 0 aliphatic carbocycles. The van der Waals surface area contributed by atoms with Gasteiger partial charge in [0.1, 0.15) is 23.5 Å². The summed E-state index contributed by atoms with van der Waals surface area (Å²) in [5, 5.41) is 15.6. The van der Waals surface area contributed by atoms with E-state index in [1.807, 2.05) is 0 Å². The summed E-state index contributed by atoms with van der Waals surface area (Å²) in [4.78, 5) is 48.8. The van der Waals surface area contributed by atoms with Crippen LogP contribution in [-0.4, -0.2) is 71.5 Å². The Hall–Kier alpha value is -0.740. The van der Waals surface area contributed by atoms with Crippen LogP contribution < -0.4 is 10.6 Å². The molecule has 29 heavy (non-hydrogen) atoms. The van der Waals surface area contributed by atoms with Crippen molar-refractivity contribution in [2.75, 3.05) is 25.9 Å². The fourth-order valence-electron chi connectivity index (χ4n) is 3.08. The number of hydrogen-bond acceptors (Lipinski definition) is 9. The summed E-state index contributed by atoms with van der Waals surface area (Å²) in [7, 11) is 4.50. The SMILES string of the molecule is CNCC[C@H](NCC(=O)CC[C@@H]1CC(C(=O)[C@@H](O)C(C)C)SSCC1=O)C(C)=O. The third-order valence-electron chi connectivity index (χ3n) is 5.07. The first-order chi connectivity index (χ1) is 13.7. The van der Waals surface area contributed by atoms with E-state index in [1.54, 1.807) is 20.9 Å². The van der Waals surface area contributed by atoms with Crippen molar-refractivity contribution < 1.29 is 24.3 Å². The van der Waals surface area contributed by atoms with Crippen LogP contribution in [0.3, 0.4) is 0 Å². The zero-order valence-corrected chi connectivity index (χ0v) is 19.4. The topological polar surface area (TPSA) is 113 Å². The van der Waals surface area contributed by atoms with Crippen molar-refractivity contribution in [2.45, 2.75) is 63.9 Å². The fourth-order valence-corrected chi connectivity index (χ4v) is 5.78. The molecule has 0 radical (unpaired) electrons. The number of carbonyl (C=O) groups is 4. The van der Waals surface area contributed by atoms with Gasteiger partial charge < -0.3 is 15.7 Å². The quantitative estimate of drug-likeness (QED) is 0.362. The molecular formula is C20H34N2O5S2. The molecule has 1 heterocycles. The Bertz CT molecular complexity index is 585. The van der Waals surface area contributed by atoms with E-state index in [2.05, 4.69) is 10.6 Å². The van der Waals surface area contributed by atoms with E-state index in [0.717, 1.165) is 0 Å². The van der Waals surface area contributed by atoms with E-state index in [4.69, 9.17) is 0 Å². The number of Topliss-reactive ketones (excluding diaryl/α,β-unsaturated/α-hetero) is 4. The molecular weight excluding hydrogens is 412 g/mol. The van der Waals surface area contributed by atoms with Gasteiger partial charge >= 0.3 is 0 Å². The zero-order chi connectivity index (χ0) is 22.0. The third kappa shape index (κ3) is 9.29. The summed E-state index contributed by atoms with van der Waals surface area (Å²) in [6.45, 7) is 5.84. The van der Waals surface area contributed by atoms with Gasteiger partial charge in [-0.1, -0.05) is 35.4 Å². The Labute approximate surface area is 181 Å². The monoisotopic (exact) mass is 446 g/mol. The highest BCUT2D eigenvalue weighted by Gasteiger charge is 2.35. The molecule has 0 aromatic carbocycles. The van der Waals surface area contributed by atoms with Crippen molar-refractivity contribution in [2.24, 2.45) is 11.8 Å². The maximum atomic E-state index is 12.5. The first kappa shape index (κ1) is 26.3. The van der Waals surface area contributed by atoms with E-state index >= 15 is 0 Å². The summed E-state index contributed by atoms with van der Waals surface area (Å²) >= 11 is 0. The Morgan fingerprint density at radius 1 is 1.28 bits per heavy atom. The Morgan fingerprint density at radius 3 is 2.55 bits per heavy atom. The number of hydrogen-bond donors (Lipinski definition) is 3. The number of aliphatic hydroxyl groups is 1. The smallest absolute Gasteiger partial charge is 0.175 e. The molecule has 0 aromatic rings. The molecule has 0 bridgehead atoms. The van der Waals surface area contributed by atoms with Crippen LogP contribution in [0.1, 0.15) is 46.5 Å². The first-order valence-electron chi connectivity index (χ1n) is 10.1. The number of ketones is 4. The second-order valence-corrected chi connectivity index (χ2v) is 10.4. The molecule has 3 N–H and O–H groups in total. The second-order valence-electron chi connectivity index (χ2n) is 7.85. The minimum Gasteiger partial charge on any atom is -0.385 e. The van der Waals surface area contributed by atoms with Gasteiger partial charge in [0.2, 0.25) is 0 Å². The van der Waals surface area contributed by atoms with Gasteiger partial charge in [-0.25, -0.2) is 0 Å². The molecule has 0 saturated carbocycles. The van der Waals surface area contributed by atoms with Gasteiger partial charge in [0.05, 0.1) is 23.6 Å². The van der Waals surface area contributed by atoms with Gasteiger partial charge in [-0.2, -0.15) is 0 Å². The van der Waals surface area contributed by atoms with Crippen LogP contribution in [0.4, 0.5) is 0 Å². The van der Waals surface area contributed by atoms with E-state index in [9.17, 15) is 24.3 Å². The molecule has 0 amide bonds. The second kappa shape index (κ2) is 13.5. The summed E-state index contributed by atoms with van der Waals surface area (Å²) < 4.78 is 0. The molecule has 1 saturated heterocycles. The molecule has 1 rings (SSSR count). The lowest BCUT2D eigenvalue weighted by atomic mass is 9.89. The van der Waals surface area contributed by atoms with Crippen molar-refractivity contribution in [3.8, 4) is 0 Å². The van der Waals surface area contributed by atoms with Crippen LogP contribution in [0, 0.1) is 11.8 Å². The lowest BCUT2D eigenvalue weighted by molar-refractivity contribution is -0.129. The van der Waals surface area contributed by atoms with Gasteiger partial charge in [-0.05, 0) is 45.7 Å². The normalized spacial score (nSPS) is 22.2. The lowest BCUT2D eigenvalue weighted by Gasteiger charge is -2.21. The molecule has 0 spiro atoms. The minimum absolute atomic E-state index is 0.00823. The highest BCUT2D eigenvalue weighted by Crippen LogP contribution is 2.38. The highest BCUT2D eigenvalue weighted by molar-refractivity contribution is 8.77. The fraction of sp³-hybridized carbons (Fsp3) is 0.800. The molecule has 1 fully saturated rings. The number of nitrogens with one attached hydrogen (secondary N) is 2. The van der Waals surface area contributed by atoms with Crippen LogP contribution in [0.25, 0.3) is 0 Å². The standard InChI is InChI=1S/C20H34N2O5S2/c1-12(2)19(26)20(27)18-9-14(17(25)11-28-29-18)5-6-15(24)10-22-16(13(3)23)7-8-21-4/h12,14,16,18-19,21-22,26H,5-11H2,1-4H3/t14-,16+,18?,19+/m1/s1. The van der Waals surface area contributed by atoms with Crippen LogP contribution >= 0.6 is 21.6 Å². The van der Waals surface area contributed by atoms with Crippen LogP contribution in [-0.2, 0) is 19.2 Å². The van der Waals surface area contributed by atoms with Gasteiger partial charge in [-0.15, -0.1) is 0 Å². The molecule has 1 aliphatic heterocycles. The van der Waals surface area contributed by atoms with Gasteiger partial charge in [0.25, 0.3) is 0 Å². The predicted molar refractivity (Wildman–Crippen MR) is 118 cm³/mol. The molecule has 1 unspecified atom stereocenters. The molecule has 7 nitrogen and oxygen atoms in total. The average molecular weight is 447 g/mol. The molecule has 4 atom stereocenters. The van der Waals surface area contributed by atoms with Gasteiger partial charge in [0.15, 0.2) is 5.78 Å². The molecule has 9 heteroatoms. The first-order valence-corrected chi connectivity index (χ1v) is 12.5. The van der Waals surface area contributed by atoms with E-state index in [-0.39, 0.29) is 54.0 Å². The summed E-state index contributed by atoms with van der Waals surface area (Å²) in [5.74, 6) is -0.473. The van der Waals surface area contributed by atoms with Crippen molar-refractivity contribution in [1.82, 2.24) is 10.6 Å². The van der Waals surface area contributed by atoms with Crippen LogP contribution in [0.15, 0.2) is 0 Å². The zero-order valence-electron chi connectivity index (χ0n) is 17.7. The highest BCUT2D eigenvalue weighted by atomic mass is 33.1. The van der Waals surface area contributed by atoms with E-state index in [1.165, 1.54) is 28.5 Å². The van der Waals surface area contributed by atoms with Crippen molar-refractivity contribution in [3.05, 3.63) is 0 Å². The maximum Gasteiger partial charge on any atom is 0.175 e. The summed E-state index contributed by atoms with van der Waals surface area (Å²) in [6, 6.07) is -0.363. The largest absolute Gasteiger partial charge is 0.385 e. The van der Waals surface area contributed by atoms with Crippen molar-refractivity contribution in [3.63, 3.8) is 0 Å². The number of aliphatic hydroxyl groups excluding tert-OH is 1. The lowest BCUT2D eigenvalue weighted by Crippen LogP contribution is -2.40. The molecule has 1 aliphatic rings. The summed E-state index contributed by atoms with van der Waals surface area (Å²) in [5.41, 5.74) is 0. The molecule has 0 aromatic heterocycles. The van der Waals surface area contributed by atoms with E-state index < -0.39 is 11.4 Å². The number of rotatable bonds is 13. The van der Waals surface area contributed by atoms with Crippen molar-refractivity contribution in [1.29, 1.82) is 0 Å². The summed E-state index contributed by atoms with van der Waals surface area (Å²) in [6.07, 6.45) is 0.551. The minimum atomic E-state index is -1.03. The van der Waals surface area contributed by atoms with Crippen LogP contribution in [0.2, 0.25) is 0 Å². The number of carbonyl (C=O) groups excluding carboxylic acids is 4.